The predicted molar refractivity (Wildman–Crippen MR) is 148 cm³/mol. The van der Waals surface area contributed by atoms with Gasteiger partial charge in [0.2, 0.25) is 21.8 Å². The van der Waals surface area contributed by atoms with Gasteiger partial charge in [-0.05, 0) is 49.1 Å². The highest BCUT2D eigenvalue weighted by Crippen LogP contribution is 2.34. The molecule has 0 bridgehead atoms. The number of halogens is 1. The number of methoxy groups -OCH3 is 2. The van der Waals surface area contributed by atoms with Crippen LogP contribution >= 0.6 is 0 Å². The number of ether oxygens (including phenoxy) is 2. The predicted octanol–water partition coefficient (Wildman–Crippen LogP) is 3.87. The Hall–Kier alpha value is -3.34. The second-order valence-corrected chi connectivity index (χ2v) is 11.6. The lowest BCUT2D eigenvalue weighted by Crippen LogP contribution is -2.54. The monoisotopic (exact) mass is 563 g/mol. The van der Waals surface area contributed by atoms with Gasteiger partial charge in [-0.15, -0.1) is 0 Å². The number of carbonyl (C=O) groups excluding carboxylic acids is 2. The molecule has 0 radical (unpaired) electrons. The number of sulfonamides is 1. The topological polar surface area (TPSA) is 105 Å². The van der Waals surface area contributed by atoms with E-state index in [9.17, 15) is 22.4 Å². The van der Waals surface area contributed by atoms with Gasteiger partial charge in [-0.3, -0.25) is 13.9 Å². The first-order valence-corrected chi connectivity index (χ1v) is 15.0. The number of benzene rings is 2. The van der Waals surface area contributed by atoms with Crippen LogP contribution in [0.3, 0.4) is 0 Å². The second-order valence-electron chi connectivity index (χ2n) is 9.72. The maximum absolute atomic E-state index is 13.9. The maximum atomic E-state index is 13.9. The van der Waals surface area contributed by atoms with Crippen molar-refractivity contribution < 1.29 is 31.9 Å². The van der Waals surface area contributed by atoms with E-state index in [1.54, 1.807) is 31.2 Å². The number of carbonyl (C=O) groups is 2. The third kappa shape index (κ3) is 8.08. The molecule has 0 unspecified atom stereocenters. The van der Waals surface area contributed by atoms with E-state index in [2.05, 4.69) is 5.32 Å². The standard InChI is InChI=1S/C28H38FN3O6S/c1-5-24(28(34)30-22-9-7-6-8-10-22)31(18-20-11-13-21(29)14-12-20)27(33)19-32(39(4,35)36)25-17-23(37-2)15-16-26(25)38-3/h11-17,22,24H,5-10,18-19H2,1-4H3,(H,30,34)/t24-/m0/s1. The molecule has 0 spiro atoms. The Morgan fingerprint density at radius 1 is 1.05 bits per heavy atom. The normalized spacial score (nSPS) is 14.8. The fraction of sp³-hybridized carbons (Fsp3) is 0.500. The minimum absolute atomic E-state index is 0.00253. The zero-order chi connectivity index (χ0) is 28.6. The molecule has 2 aromatic rings. The third-order valence-electron chi connectivity index (χ3n) is 6.94. The van der Waals surface area contributed by atoms with Crippen molar-refractivity contribution in [3.05, 3.63) is 53.8 Å². The molecule has 39 heavy (non-hydrogen) atoms. The van der Waals surface area contributed by atoms with Crippen molar-refractivity contribution in [2.75, 3.05) is 31.3 Å². The van der Waals surface area contributed by atoms with E-state index in [-0.39, 0.29) is 29.9 Å². The van der Waals surface area contributed by atoms with Crippen molar-refractivity contribution in [1.29, 1.82) is 0 Å². The first-order chi connectivity index (χ1) is 18.6. The second kappa shape index (κ2) is 13.6. The van der Waals surface area contributed by atoms with Gasteiger partial charge in [-0.25, -0.2) is 12.8 Å². The summed E-state index contributed by atoms with van der Waals surface area (Å²) in [5.74, 6) is -0.674. The van der Waals surface area contributed by atoms with Crippen LogP contribution in [0, 0.1) is 5.82 Å². The molecular weight excluding hydrogens is 525 g/mol. The Kier molecular flexibility index (Phi) is 10.6. The van der Waals surface area contributed by atoms with Crippen LogP contribution in [0.5, 0.6) is 11.5 Å². The SMILES string of the molecule is CC[C@@H](C(=O)NC1CCCCC1)N(Cc1ccc(F)cc1)C(=O)CN(c1cc(OC)ccc1OC)S(C)(=O)=O. The van der Waals surface area contributed by atoms with Gasteiger partial charge in [0.15, 0.2) is 0 Å². The van der Waals surface area contributed by atoms with Gasteiger partial charge in [-0.1, -0.05) is 38.3 Å². The fourth-order valence-corrected chi connectivity index (χ4v) is 5.68. The van der Waals surface area contributed by atoms with Crippen molar-refractivity contribution in [3.8, 4) is 11.5 Å². The molecule has 1 saturated carbocycles. The Bertz CT molecular complexity index is 1230. The summed E-state index contributed by atoms with van der Waals surface area (Å²) in [6.45, 7) is 1.23. The molecule has 214 valence electrons. The zero-order valence-electron chi connectivity index (χ0n) is 23.0. The Morgan fingerprint density at radius 2 is 1.72 bits per heavy atom. The molecule has 11 heteroatoms. The summed E-state index contributed by atoms with van der Waals surface area (Å²) in [5.41, 5.74) is 0.743. The average molecular weight is 564 g/mol. The highest BCUT2D eigenvalue weighted by molar-refractivity contribution is 7.92. The van der Waals surface area contributed by atoms with Crippen molar-refractivity contribution in [3.63, 3.8) is 0 Å². The minimum Gasteiger partial charge on any atom is -0.497 e. The van der Waals surface area contributed by atoms with Crippen LogP contribution in [0.25, 0.3) is 0 Å². The molecule has 1 aliphatic carbocycles. The Labute approximate surface area is 230 Å². The number of amides is 2. The molecule has 9 nitrogen and oxygen atoms in total. The van der Waals surface area contributed by atoms with Gasteiger partial charge in [0.1, 0.15) is 29.9 Å². The lowest BCUT2D eigenvalue weighted by molar-refractivity contribution is -0.140. The molecular formula is C28H38FN3O6S. The molecule has 2 aromatic carbocycles. The number of anilines is 1. The van der Waals surface area contributed by atoms with Gasteiger partial charge in [-0.2, -0.15) is 0 Å². The van der Waals surface area contributed by atoms with Crippen molar-refractivity contribution in [2.45, 2.75) is 64.1 Å². The molecule has 1 aliphatic rings. The van der Waals surface area contributed by atoms with Gasteiger partial charge in [0, 0.05) is 18.7 Å². The molecule has 1 N–H and O–H groups in total. The zero-order valence-corrected chi connectivity index (χ0v) is 23.8. The van der Waals surface area contributed by atoms with Crippen LogP contribution in [-0.2, 0) is 26.2 Å². The van der Waals surface area contributed by atoms with Crippen LogP contribution in [0.1, 0.15) is 51.0 Å². The Balaban J connectivity index is 1.97. The van der Waals surface area contributed by atoms with E-state index in [0.717, 1.165) is 42.7 Å². The summed E-state index contributed by atoms with van der Waals surface area (Å²) < 4.78 is 51.0. The molecule has 0 aliphatic heterocycles. The molecule has 0 saturated heterocycles. The summed E-state index contributed by atoms with van der Waals surface area (Å²) in [5, 5.41) is 3.09. The van der Waals surface area contributed by atoms with E-state index >= 15 is 0 Å². The molecule has 0 aromatic heterocycles. The van der Waals surface area contributed by atoms with Crippen molar-refractivity contribution >= 4 is 27.5 Å². The van der Waals surface area contributed by atoms with E-state index in [0.29, 0.717) is 17.7 Å². The molecule has 1 atom stereocenters. The third-order valence-corrected chi connectivity index (χ3v) is 8.06. The molecule has 0 heterocycles. The van der Waals surface area contributed by atoms with E-state index in [1.165, 1.54) is 37.3 Å². The number of nitrogens with zero attached hydrogens (tertiary/aromatic N) is 2. The van der Waals surface area contributed by atoms with E-state index in [1.807, 2.05) is 0 Å². The summed E-state index contributed by atoms with van der Waals surface area (Å²) >= 11 is 0. The van der Waals surface area contributed by atoms with Crippen LogP contribution in [0.15, 0.2) is 42.5 Å². The lowest BCUT2D eigenvalue weighted by atomic mass is 9.95. The number of hydrogen-bond acceptors (Lipinski definition) is 6. The smallest absolute Gasteiger partial charge is 0.244 e. The fourth-order valence-electron chi connectivity index (χ4n) is 4.84. The minimum atomic E-state index is -3.96. The van der Waals surface area contributed by atoms with Crippen LogP contribution in [0.4, 0.5) is 10.1 Å². The summed E-state index contributed by atoms with van der Waals surface area (Å²) in [6.07, 6.45) is 6.27. The highest BCUT2D eigenvalue weighted by atomic mass is 32.2. The summed E-state index contributed by atoms with van der Waals surface area (Å²) in [7, 11) is -1.11. The van der Waals surface area contributed by atoms with Crippen LogP contribution in [-0.4, -0.2) is 64.2 Å². The number of hydrogen-bond donors (Lipinski definition) is 1. The molecule has 1 fully saturated rings. The number of rotatable bonds is 12. The van der Waals surface area contributed by atoms with Crippen LogP contribution < -0.4 is 19.1 Å². The summed E-state index contributed by atoms with van der Waals surface area (Å²) in [6, 6.07) is 9.49. The van der Waals surface area contributed by atoms with Crippen LogP contribution in [0.2, 0.25) is 0 Å². The molecule has 2 amide bonds. The van der Waals surface area contributed by atoms with E-state index < -0.39 is 34.3 Å². The van der Waals surface area contributed by atoms with Gasteiger partial charge < -0.3 is 19.7 Å². The summed E-state index contributed by atoms with van der Waals surface area (Å²) in [4.78, 5) is 28.7. The molecule has 3 rings (SSSR count). The van der Waals surface area contributed by atoms with Gasteiger partial charge in [0.05, 0.1) is 26.2 Å². The maximum Gasteiger partial charge on any atom is 0.244 e. The highest BCUT2D eigenvalue weighted by Gasteiger charge is 2.33. The lowest BCUT2D eigenvalue weighted by Gasteiger charge is -2.34. The number of nitrogens with one attached hydrogen (secondary N) is 1. The average Bonchev–Trinajstić information content (AvgIpc) is 2.92. The quantitative estimate of drug-likeness (QED) is 0.421. The largest absolute Gasteiger partial charge is 0.497 e. The van der Waals surface area contributed by atoms with Gasteiger partial charge >= 0.3 is 0 Å². The Morgan fingerprint density at radius 3 is 2.28 bits per heavy atom. The van der Waals surface area contributed by atoms with Gasteiger partial charge in [0.25, 0.3) is 0 Å². The first-order valence-electron chi connectivity index (χ1n) is 13.1. The van der Waals surface area contributed by atoms with Crippen molar-refractivity contribution in [1.82, 2.24) is 10.2 Å². The first kappa shape index (κ1) is 30.2. The van der Waals surface area contributed by atoms with E-state index in [4.69, 9.17) is 9.47 Å². The van der Waals surface area contributed by atoms with Crippen molar-refractivity contribution in [2.24, 2.45) is 0 Å².